The van der Waals surface area contributed by atoms with Crippen molar-refractivity contribution in [1.29, 1.82) is 0 Å². The molecule has 3 rings (SSSR count). The summed E-state index contributed by atoms with van der Waals surface area (Å²) in [6.07, 6.45) is 7.77. The number of thiazole rings is 1. The van der Waals surface area contributed by atoms with Gasteiger partial charge in [0.25, 0.3) is 0 Å². The topological polar surface area (TPSA) is 28.2 Å². The number of hydrogen-bond donors (Lipinski definition) is 1. The van der Waals surface area contributed by atoms with E-state index in [1.165, 1.54) is 67.3 Å². The molecule has 1 aliphatic heterocycles. The molecule has 0 amide bonds. The van der Waals surface area contributed by atoms with Crippen LogP contribution in [0, 0.1) is 5.92 Å². The van der Waals surface area contributed by atoms with Crippen LogP contribution >= 0.6 is 11.3 Å². The molecule has 20 heavy (non-hydrogen) atoms. The first-order chi connectivity index (χ1) is 9.81. The van der Waals surface area contributed by atoms with Crippen molar-refractivity contribution in [2.75, 3.05) is 24.5 Å². The van der Waals surface area contributed by atoms with Crippen molar-refractivity contribution in [2.24, 2.45) is 5.92 Å². The fraction of sp³-hybridized carbons (Fsp3) is 0.812. The number of nitrogens with zero attached hydrogens (tertiary/aromatic N) is 2. The Morgan fingerprint density at radius 2 is 2.05 bits per heavy atom. The maximum absolute atomic E-state index is 4.96. The fourth-order valence-electron chi connectivity index (χ4n) is 3.52. The second-order valence-electron chi connectivity index (χ2n) is 6.15. The number of nitrogens with one attached hydrogen (secondary N) is 1. The van der Waals surface area contributed by atoms with E-state index in [1.807, 2.05) is 11.3 Å². The monoisotopic (exact) mass is 293 g/mol. The molecule has 1 fully saturated rings. The largest absolute Gasteiger partial charge is 0.348 e. The molecule has 1 saturated heterocycles. The molecule has 3 nitrogen and oxygen atoms in total. The summed E-state index contributed by atoms with van der Waals surface area (Å²) >= 11 is 1.95. The number of rotatable bonds is 4. The number of aryl methyl sites for hydroxylation is 1. The van der Waals surface area contributed by atoms with Crippen molar-refractivity contribution in [1.82, 2.24) is 10.3 Å². The van der Waals surface area contributed by atoms with E-state index < -0.39 is 0 Å². The van der Waals surface area contributed by atoms with Gasteiger partial charge in [0.05, 0.1) is 5.69 Å². The van der Waals surface area contributed by atoms with Gasteiger partial charge in [-0.15, -0.1) is 0 Å². The van der Waals surface area contributed by atoms with E-state index in [-0.39, 0.29) is 0 Å². The molecule has 0 radical (unpaired) electrons. The maximum Gasteiger partial charge on any atom is 0.185 e. The molecule has 0 spiro atoms. The predicted molar refractivity (Wildman–Crippen MR) is 86.7 cm³/mol. The minimum absolute atomic E-state index is 0.559. The first kappa shape index (κ1) is 14.3. The number of hydrogen-bond acceptors (Lipinski definition) is 4. The van der Waals surface area contributed by atoms with E-state index in [1.54, 1.807) is 0 Å². The third-order valence-corrected chi connectivity index (χ3v) is 6.12. The van der Waals surface area contributed by atoms with Crippen LogP contribution in [0.2, 0.25) is 0 Å². The van der Waals surface area contributed by atoms with Crippen molar-refractivity contribution in [3.8, 4) is 0 Å². The van der Waals surface area contributed by atoms with E-state index in [0.29, 0.717) is 6.04 Å². The molecule has 1 aromatic rings. The molecular formula is C16H27N3S. The Morgan fingerprint density at radius 1 is 1.25 bits per heavy atom. The average molecular weight is 293 g/mol. The van der Waals surface area contributed by atoms with Crippen LogP contribution in [0.5, 0.6) is 0 Å². The number of anilines is 1. The highest BCUT2D eigenvalue weighted by Crippen LogP contribution is 2.38. The highest BCUT2D eigenvalue weighted by Gasteiger charge is 2.27. The van der Waals surface area contributed by atoms with Gasteiger partial charge in [0.2, 0.25) is 0 Å². The lowest BCUT2D eigenvalue weighted by Crippen LogP contribution is -2.33. The minimum atomic E-state index is 0.559. The molecule has 1 unspecified atom stereocenters. The number of piperidine rings is 1. The molecule has 112 valence electrons. The summed E-state index contributed by atoms with van der Waals surface area (Å²) in [7, 11) is 0. The van der Waals surface area contributed by atoms with Gasteiger partial charge < -0.3 is 10.2 Å². The van der Waals surface area contributed by atoms with Crippen molar-refractivity contribution >= 4 is 16.5 Å². The summed E-state index contributed by atoms with van der Waals surface area (Å²) < 4.78 is 0. The van der Waals surface area contributed by atoms with Crippen LogP contribution in [-0.4, -0.2) is 24.6 Å². The fourth-order valence-corrected chi connectivity index (χ4v) is 4.79. The van der Waals surface area contributed by atoms with E-state index in [0.717, 1.165) is 12.5 Å². The molecule has 1 atom stereocenters. The first-order valence-corrected chi connectivity index (χ1v) is 9.11. The van der Waals surface area contributed by atoms with Crippen LogP contribution in [0.25, 0.3) is 0 Å². The van der Waals surface area contributed by atoms with Crippen LogP contribution in [0.15, 0.2) is 0 Å². The second-order valence-corrected chi connectivity index (χ2v) is 7.16. The highest BCUT2D eigenvalue weighted by molar-refractivity contribution is 7.15. The third-order valence-electron chi connectivity index (χ3n) is 4.85. The van der Waals surface area contributed by atoms with Crippen LogP contribution in [-0.2, 0) is 6.42 Å². The summed E-state index contributed by atoms with van der Waals surface area (Å²) in [6.45, 7) is 7.99. The lowest BCUT2D eigenvalue weighted by molar-refractivity contribution is 0.395. The Kier molecular flexibility index (Phi) is 4.61. The van der Waals surface area contributed by atoms with Gasteiger partial charge in [-0.25, -0.2) is 4.98 Å². The normalized spacial score (nSPS) is 23.9. The predicted octanol–water partition coefficient (Wildman–Crippen LogP) is 3.76. The van der Waals surface area contributed by atoms with Crippen LogP contribution in [0.3, 0.4) is 0 Å². The molecule has 1 N–H and O–H groups in total. The Morgan fingerprint density at radius 3 is 2.75 bits per heavy atom. The molecule has 0 bridgehead atoms. The third kappa shape index (κ3) is 2.86. The molecular weight excluding hydrogens is 266 g/mol. The Balaban J connectivity index is 1.72. The van der Waals surface area contributed by atoms with Gasteiger partial charge in [0.15, 0.2) is 5.13 Å². The zero-order valence-corrected chi connectivity index (χ0v) is 13.6. The molecule has 1 aromatic heterocycles. The summed E-state index contributed by atoms with van der Waals surface area (Å²) in [5.74, 6) is 0.940. The van der Waals surface area contributed by atoms with Crippen molar-refractivity contribution in [3.63, 3.8) is 0 Å². The Labute approximate surface area is 126 Å². The molecule has 0 aromatic carbocycles. The molecule has 2 heterocycles. The average Bonchev–Trinajstić information content (AvgIpc) is 2.93. The lowest BCUT2D eigenvalue weighted by atomic mass is 9.95. The molecule has 0 saturated carbocycles. The highest BCUT2D eigenvalue weighted by atomic mass is 32.1. The van der Waals surface area contributed by atoms with Gasteiger partial charge in [0.1, 0.15) is 0 Å². The first-order valence-electron chi connectivity index (χ1n) is 8.29. The van der Waals surface area contributed by atoms with Crippen LogP contribution in [0.1, 0.15) is 62.6 Å². The Hall–Kier alpha value is -0.610. The van der Waals surface area contributed by atoms with Crippen molar-refractivity contribution < 1.29 is 0 Å². The standard InChI is InChI=1S/C16H27N3S/c1-3-12-8-10-19(11-9-12)16-18-14-7-5-6-13(17-4-2)15(14)20-16/h12-13,17H,3-11H2,1-2H3. The van der Waals surface area contributed by atoms with E-state index >= 15 is 0 Å². The molecule has 4 heteroatoms. The zero-order valence-electron chi connectivity index (χ0n) is 12.8. The quantitative estimate of drug-likeness (QED) is 0.916. The smallest absolute Gasteiger partial charge is 0.185 e. The van der Waals surface area contributed by atoms with Gasteiger partial charge in [-0.1, -0.05) is 31.6 Å². The van der Waals surface area contributed by atoms with Gasteiger partial charge in [0, 0.05) is 24.0 Å². The van der Waals surface area contributed by atoms with Gasteiger partial charge in [-0.3, -0.25) is 0 Å². The Bertz CT molecular complexity index is 435. The summed E-state index contributed by atoms with van der Waals surface area (Å²) in [4.78, 5) is 9.01. The second kappa shape index (κ2) is 6.44. The number of fused-ring (bicyclic) bond motifs is 1. The summed E-state index contributed by atoms with van der Waals surface area (Å²) in [5, 5.41) is 4.91. The zero-order chi connectivity index (χ0) is 13.9. The van der Waals surface area contributed by atoms with Crippen molar-refractivity contribution in [3.05, 3.63) is 10.6 Å². The SMILES string of the molecule is CCNC1CCCc2nc(N3CCC(CC)CC3)sc21. The van der Waals surface area contributed by atoms with Crippen molar-refractivity contribution in [2.45, 2.75) is 58.4 Å². The maximum atomic E-state index is 4.96. The van der Waals surface area contributed by atoms with Gasteiger partial charge >= 0.3 is 0 Å². The van der Waals surface area contributed by atoms with Gasteiger partial charge in [-0.2, -0.15) is 0 Å². The molecule has 2 aliphatic rings. The van der Waals surface area contributed by atoms with E-state index in [9.17, 15) is 0 Å². The lowest BCUT2D eigenvalue weighted by Gasteiger charge is -2.31. The van der Waals surface area contributed by atoms with Crippen LogP contribution < -0.4 is 10.2 Å². The number of aromatic nitrogens is 1. The van der Waals surface area contributed by atoms with E-state index in [2.05, 4.69) is 24.1 Å². The van der Waals surface area contributed by atoms with Gasteiger partial charge in [-0.05, 0) is 44.6 Å². The van der Waals surface area contributed by atoms with Crippen LogP contribution in [0.4, 0.5) is 5.13 Å². The van der Waals surface area contributed by atoms with E-state index in [4.69, 9.17) is 4.98 Å². The minimum Gasteiger partial charge on any atom is -0.348 e. The summed E-state index contributed by atoms with van der Waals surface area (Å²) in [5.41, 5.74) is 1.37. The summed E-state index contributed by atoms with van der Waals surface area (Å²) in [6, 6.07) is 0.559. The molecule has 1 aliphatic carbocycles.